The fourth-order valence-corrected chi connectivity index (χ4v) is 3.54. The van der Waals surface area contributed by atoms with Gasteiger partial charge in [0.25, 0.3) is 5.56 Å². The zero-order valence-electron chi connectivity index (χ0n) is 13.4. The average molecular weight is 325 g/mol. The van der Waals surface area contributed by atoms with Crippen molar-refractivity contribution in [1.82, 2.24) is 19.9 Å². The van der Waals surface area contributed by atoms with Crippen molar-refractivity contribution in [2.75, 3.05) is 18.0 Å². The molecule has 3 N–H and O–H groups in total. The van der Waals surface area contributed by atoms with Gasteiger partial charge in [-0.15, -0.1) is 0 Å². The molecule has 124 valence electrons. The molecular formula is C17H19N5O2. The van der Waals surface area contributed by atoms with Crippen molar-refractivity contribution in [2.45, 2.75) is 25.7 Å². The summed E-state index contributed by atoms with van der Waals surface area (Å²) in [4.78, 5) is 38.7. The quantitative estimate of drug-likeness (QED) is 0.667. The van der Waals surface area contributed by atoms with Crippen LogP contribution in [-0.2, 0) is 0 Å². The molecule has 1 aliphatic rings. The second-order valence-corrected chi connectivity index (χ2v) is 6.31. The number of aromatic amines is 3. The predicted molar refractivity (Wildman–Crippen MR) is 92.7 cm³/mol. The van der Waals surface area contributed by atoms with Crippen LogP contribution in [0.5, 0.6) is 0 Å². The second kappa shape index (κ2) is 5.67. The van der Waals surface area contributed by atoms with Crippen molar-refractivity contribution in [3.63, 3.8) is 0 Å². The van der Waals surface area contributed by atoms with Gasteiger partial charge in [-0.25, -0.2) is 9.78 Å². The highest BCUT2D eigenvalue weighted by Gasteiger charge is 2.26. The third-order valence-electron chi connectivity index (χ3n) is 4.63. The number of aromatic nitrogens is 4. The number of benzene rings is 1. The molecule has 4 rings (SSSR count). The number of hydrogen-bond acceptors (Lipinski definition) is 4. The molecule has 1 saturated heterocycles. The summed E-state index contributed by atoms with van der Waals surface area (Å²) in [7, 11) is 0. The molecule has 0 amide bonds. The molecule has 7 heteroatoms. The van der Waals surface area contributed by atoms with E-state index >= 15 is 0 Å². The van der Waals surface area contributed by atoms with Crippen molar-refractivity contribution < 1.29 is 0 Å². The second-order valence-electron chi connectivity index (χ2n) is 6.31. The van der Waals surface area contributed by atoms with Gasteiger partial charge in [0.2, 0.25) is 0 Å². The number of H-pyrrole nitrogens is 3. The zero-order chi connectivity index (χ0) is 16.7. The van der Waals surface area contributed by atoms with Crippen LogP contribution in [0.1, 0.15) is 30.3 Å². The van der Waals surface area contributed by atoms with Crippen molar-refractivity contribution in [2.24, 2.45) is 0 Å². The fraction of sp³-hybridized carbons (Fsp3) is 0.353. The molecule has 0 spiro atoms. The van der Waals surface area contributed by atoms with Gasteiger partial charge in [-0.1, -0.05) is 12.1 Å². The van der Waals surface area contributed by atoms with E-state index in [-0.39, 0.29) is 11.5 Å². The molecule has 0 bridgehead atoms. The van der Waals surface area contributed by atoms with E-state index in [1.54, 1.807) is 6.92 Å². The lowest BCUT2D eigenvalue weighted by molar-refractivity contribution is 0.493. The summed E-state index contributed by atoms with van der Waals surface area (Å²) in [5, 5.41) is 0. The van der Waals surface area contributed by atoms with E-state index in [2.05, 4.69) is 15.0 Å². The number of piperidine rings is 1. The van der Waals surface area contributed by atoms with E-state index in [1.807, 2.05) is 29.2 Å². The molecule has 0 saturated carbocycles. The third kappa shape index (κ3) is 2.51. The summed E-state index contributed by atoms with van der Waals surface area (Å²) < 4.78 is 0. The molecule has 0 aliphatic carbocycles. The van der Waals surface area contributed by atoms with Crippen LogP contribution >= 0.6 is 0 Å². The number of anilines is 1. The van der Waals surface area contributed by atoms with E-state index in [1.165, 1.54) is 0 Å². The standard InChI is InChI=1S/C17H19N5O2/c1-10-14(16(23)21-17(24)18-10)22-8-4-5-11(9-22)15-19-12-6-2-3-7-13(12)20-15/h2-3,6-7,11H,4-5,8-9H2,1H3,(H,19,20)(H2,18,21,23,24). The van der Waals surface area contributed by atoms with Gasteiger partial charge in [-0.2, -0.15) is 0 Å². The summed E-state index contributed by atoms with van der Waals surface area (Å²) >= 11 is 0. The lowest BCUT2D eigenvalue weighted by Gasteiger charge is -2.33. The Morgan fingerprint density at radius 1 is 1.17 bits per heavy atom. The van der Waals surface area contributed by atoms with Gasteiger partial charge in [0.05, 0.1) is 11.0 Å². The van der Waals surface area contributed by atoms with Crippen LogP contribution in [0.3, 0.4) is 0 Å². The molecular weight excluding hydrogens is 306 g/mol. The molecule has 2 aromatic heterocycles. The number of nitrogens with one attached hydrogen (secondary N) is 3. The van der Waals surface area contributed by atoms with Gasteiger partial charge in [0, 0.05) is 24.7 Å². The Morgan fingerprint density at radius 3 is 2.79 bits per heavy atom. The summed E-state index contributed by atoms with van der Waals surface area (Å²) in [6.45, 7) is 3.26. The number of imidazole rings is 1. The lowest BCUT2D eigenvalue weighted by atomic mass is 9.97. The number of rotatable bonds is 2. The maximum absolute atomic E-state index is 12.2. The van der Waals surface area contributed by atoms with Crippen LogP contribution in [0.15, 0.2) is 33.9 Å². The number of para-hydroxylation sites is 2. The summed E-state index contributed by atoms with van der Waals surface area (Å²) in [6.07, 6.45) is 2.00. The highest BCUT2D eigenvalue weighted by Crippen LogP contribution is 2.29. The number of nitrogens with zero attached hydrogens (tertiary/aromatic N) is 2. The summed E-state index contributed by atoms with van der Waals surface area (Å²) in [6, 6.07) is 7.97. The van der Waals surface area contributed by atoms with Gasteiger partial charge in [0.15, 0.2) is 0 Å². The topological polar surface area (TPSA) is 97.6 Å². The molecule has 1 fully saturated rings. The van der Waals surface area contributed by atoms with Crippen molar-refractivity contribution >= 4 is 16.7 Å². The third-order valence-corrected chi connectivity index (χ3v) is 4.63. The van der Waals surface area contributed by atoms with Crippen LogP contribution < -0.4 is 16.1 Å². The lowest BCUT2D eigenvalue weighted by Crippen LogP contribution is -2.40. The molecule has 24 heavy (non-hydrogen) atoms. The van der Waals surface area contributed by atoms with Gasteiger partial charge in [0.1, 0.15) is 11.5 Å². The van der Waals surface area contributed by atoms with Crippen LogP contribution in [0.2, 0.25) is 0 Å². The highest BCUT2D eigenvalue weighted by molar-refractivity contribution is 5.74. The van der Waals surface area contributed by atoms with E-state index in [0.717, 1.165) is 36.2 Å². The van der Waals surface area contributed by atoms with E-state index in [0.29, 0.717) is 17.9 Å². The molecule has 3 heterocycles. The molecule has 3 aromatic rings. The Kier molecular flexibility index (Phi) is 3.48. The first-order chi connectivity index (χ1) is 11.6. The Bertz CT molecular complexity index is 967. The summed E-state index contributed by atoms with van der Waals surface area (Å²) in [5.74, 6) is 1.19. The average Bonchev–Trinajstić information content (AvgIpc) is 2.98. The normalized spacial score (nSPS) is 18.2. The largest absolute Gasteiger partial charge is 0.365 e. The van der Waals surface area contributed by atoms with Crippen LogP contribution in [0.4, 0.5) is 5.69 Å². The SMILES string of the molecule is Cc1[nH]c(=O)[nH]c(=O)c1N1CCCC(c2nc3ccccc3[nH]2)C1. The fourth-order valence-electron chi connectivity index (χ4n) is 3.54. The Balaban J connectivity index is 1.67. The predicted octanol–water partition coefficient (Wildman–Crippen LogP) is 1.63. The van der Waals surface area contributed by atoms with E-state index in [9.17, 15) is 9.59 Å². The highest BCUT2D eigenvalue weighted by atomic mass is 16.2. The Morgan fingerprint density at radius 2 is 2.00 bits per heavy atom. The first-order valence-electron chi connectivity index (χ1n) is 8.14. The molecule has 0 radical (unpaired) electrons. The summed E-state index contributed by atoms with van der Waals surface area (Å²) in [5.41, 5.74) is 2.35. The first-order valence-corrected chi connectivity index (χ1v) is 8.14. The minimum absolute atomic E-state index is 0.233. The zero-order valence-corrected chi connectivity index (χ0v) is 13.4. The first kappa shape index (κ1) is 14.7. The Hall–Kier alpha value is -2.83. The van der Waals surface area contributed by atoms with Gasteiger partial charge in [-0.3, -0.25) is 9.78 Å². The van der Waals surface area contributed by atoms with Crippen LogP contribution in [0, 0.1) is 6.92 Å². The van der Waals surface area contributed by atoms with Gasteiger partial charge in [-0.05, 0) is 31.9 Å². The van der Waals surface area contributed by atoms with Gasteiger partial charge >= 0.3 is 5.69 Å². The van der Waals surface area contributed by atoms with Crippen molar-refractivity contribution in [3.05, 3.63) is 56.6 Å². The molecule has 1 aliphatic heterocycles. The minimum Gasteiger partial charge on any atom is -0.365 e. The van der Waals surface area contributed by atoms with Crippen LogP contribution in [-0.4, -0.2) is 33.0 Å². The molecule has 7 nitrogen and oxygen atoms in total. The molecule has 1 atom stereocenters. The maximum Gasteiger partial charge on any atom is 0.326 e. The number of hydrogen-bond donors (Lipinski definition) is 3. The number of aryl methyl sites for hydroxylation is 1. The van der Waals surface area contributed by atoms with Crippen molar-refractivity contribution in [1.29, 1.82) is 0 Å². The van der Waals surface area contributed by atoms with Crippen LogP contribution in [0.25, 0.3) is 11.0 Å². The minimum atomic E-state index is -0.466. The molecule has 1 unspecified atom stereocenters. The maximum atomic E-state index is 12.2. The van der Waals surface area contributed by atoms with E-state index < -0.39 is 5.69 Å². The number of fused-ring (bicyclic) bond motifs is 1. The molecule has 1 aromatic carbocycles. The smallest absolute Gasteiger partial charge is 0.326 e. The van der Waals surface area contributed by atoms with Crippen molar-refractivity contribution in [3.8, 4) is 0 Å². The monoisotopic (exact) mass is 325 g/mol. The Labute approximate surface area is 137 Å². The van der Waals surface area contributed by atoms with Gasteiger partial charge < -0.3 is 14.9 Å². The van der Waals surface area contributed by atoms with E-state index in [4.69, 9.17) is 4.98 Å².